The van der Waals surface area contributed by atoms with E-state index in [0.29, 0.717) is 13.1 Å². The Bertz CT molecular complexity index is 447. The summed E-state index contributed by atoms with van der Waals surface area (Å²) in [4.78, 5) is 16.4. The van der Waals surface area contributed by atoms with Gasteiger partial charge < -0.3 is 20.9 Å². The third-order valence-corrected chi connectivity index (χ3v) is 3.49. The van der Waals surface area contributed by atoms with E-state index in [4.69, 9.17) is 5.73 Å². The summed E-state index contributed by atoms with van der Waals surface area (Å²) in [6, 6.07) is 7.80. The maximum Gasteiger partial charge on any atom is 0.254 e. The molecule has 0 radical (unpaired) electrons. The number of carbonyl (C=O) groups excluding carboxylic acids is 1. The molecule has 19 heavy (non-hydrogen) atoms. The van der Waals surface area contributed by atoms with E-state index in [0.717, 1.165) is 24.3 Å². The molecule has 1 aromatic rings. The van der Waals surface area contributed by atoms with Gasteiger partial charge in [-0.3, -0.25) is 4.79 Å². The largest absolute Gasteiger partial charge is 0.378 e. The van der Waals surface area contributed by atoms with Crippen LogP contribution in [0.1, 0.15) is 10.4 Å². The summed E-state index contributed by atoms with van der Waals surface area (Å²) >= 11 is 0. The van der Waals surface area contributed by atoms with E-state index in [1.165, 1.54) is 0 Å². The average molecular weight is 262 g/mol. The maximum absolute atomic E-state index is 12.6. The molecule has 1 fully saturated rings. The second kappa shape index (κ2) is 6.04. The molecule has 1 unspecified atom stereocenters. The molecule has 1 amide bonds. The van der Waals surface area contributed by atoms with Crippen LogP contribution in [-0.2, 0) is 0 Å². The first-order valence-electron chi connectivity index (χ1n) is 6.62. The van der Waals surface area contributed by atoms with Crippen molar-refractivity contribution in [2.45, 2.75) is 6.04 Å². The number of anilines is 1. The molecule has 5 nitrogen and oxygen atoms in total. The van der Waals surface area contributed by atoms with Gasteiger partial charge in [0.05, 0.1) is 6.04 Å². The van der Waals surface area contributed by atoms with Gasteiger partial charge >= 0.3 is 0 Å². The Balaban J connectivity index is 2.20. The summed E-state index contributed by atoms with van der Waals surface area (Å²) in [7, 11) is 3.94. The van der Waals surface area contributed by atoms with Gasteiger partial charge in [-0.2, -0.15) is 0 Å². The van der Waals surface area contributed by atoms with Crippen LogP contribution in [0.2, 0.25) is 0 Å². The van der Waals surface area contributed by atoms with Crippen molar-refractivity contribution in [1.82, 2.24) is 10.2 Å². The van der Waals surface area contributed by atoms with Gasteiger partial charge in [0.25, 0.3) is 5.91 Å². The fraction of sp³-hybridized carbons (Fsp3) is 0.500. The van der Waals surface area contributed by atoms with Crippen molar-refractivity contribution < 1.29 is 4.79 Å². The summed E-state index contributed by atoms with van der Waals surface area (Å²) in [5.74, 6) is 0.0700. The second-order valence-electron chi connectivity index (χ2n) is 5.04. The van der Waals surface area contributed by atoms with Crippen molar-refractivity contribution in [2.24, 2.45) is 5.73 Å². The SMILES string of the molecule is CN(C)c1cccc(C(=O)N2CCNCC2CN)c1. The lowest BCUT2D eigenvalue weighted by molar-refractivity contribution is 0.0645. The van der Waals surface area contributed by atoms with Crippen LogP contribution in [0.15, 0.2) is 24.3 Å². The van der Waals surface area contributed by atoms with Crippen molar-refractivity contribution in [3.8, 4) is 0 Å². The van der Waals surface area contributed by atoms with Crippen LogP contribution in [0.5, 0.6) is 0 Å². The standard InChI is InChI=1S/C14H22N4O/c1-17(2)12-5-3-4-11(8-12)14(19)18-7-6-16-10-13(18)9-15/h3-5,8,13,16H,6-7,9-10,15H2,1-2H3. The summed E-state index contributed by atoms with van der Waals surface area (Å²) in [5.41, 5.74) is 7.51. The number of nitrogens with zero attached hydrogens (tertiary/aromatic N) is 2. The summed E-state index contributed by atoms with van der Waals surface area (Å²) < 4.78 is 0. The first-order valence-corrected chi connectivity index (χ1v) is 6.62. The predicted molar refractivity (Wildman–Crippen MR) is 77.5 cm³/mol. The smallest absolute Gasteiger partial charge is 0.254 e. The van der Waals surface area contributed by atoms with Crippen LogP contribution in [0.4, 0.5) is 5.69 Å². The van der Waals surface area contributed by atoms with Gasteiger partial charge in [0.1, 0.15) is 0 Å². The number of hydrogen-bond acceptors (Lipinski definition) is 4. The second-order valence-corrected chi connectivity index (χ2v) is 5.04. The lowest BCUT2D eigenvalue weighted by atomic mass is 10.1. The average Bonchev–Trinajstić information content (AvgIpc) is 2.46. The maximum atomic E-state index is 12.6. The molecule has 1 aromatic carbocycles. The fourth-order valence-electron chi connectivity index (χ4n) is 2.32. The van der Waals surface area contributed by atoms with E-state index >= 15 is 0 Å². The Hall–Kier alpha value is -1.59. The van der Waals surface area contributed by atoms with Crippen LogP contribution in [0.3, 0.4) is 0 Å². The van der Waals surface area contributed by atoms with Gasteiger partial charge in [0.15, 0.2) is 0 Å². The molecule has 0 bridgehead atoms. The third kappa shape index (κ3) is 3.05. The summed E-state index contributed by atoms with van der Waals surface area (Å²) in [6.07, 6.45) is 0. The third-order valence-electron chi connectivity index (χ3n) is 3.49. The molecule has 0 spiro atoms. The first-order chi connectivity index (χ1) is 9.13. The summed E-state index contributed by atoms with van der Waals surface area (Å²) in [6.45, 7) is 2.81. The Morgan fingerprint density at radius 2 is 2.32 bits per heavy atom. The highest BCUT2D eigenvalue weighted by Gasteiger charge is 2.26. The first kappa shape index (κ1) is 13.8. The molecule has 1 aliphatic rings. The molecule has 1 atom stereocenters. The van der Waals surface area contributed by atoms with Gasteiger partial charge in [-0.05, 0) is 18.2 Å². The molecular formula is C14H22N4O. The van der Waals surface area contributed by atoms with Gasteiger partial charge in [0.2, 0.25) is 0 Å². The molecule has 104 valence electrons. The molecule has 1 aliphatic heterocycles. The molecule has 1 saturated heterocycles. The van der Waals surface area contributed by atoms with Crippen LogP contribution in [0, 0.1) is 0 Å². The van der Waals surface area contributed by atoms with Crippen LogP contribution >= 0.6 is 0 Å². The van der Waals surface area contributed by atoms with Crippen LogP contribution in [0.25, 0.3) is 0 Å². The lowest BCUT2D eigenvalue weighted by Crippen LogP contribution is -2.56. The van der Waals surface area contributed by atoms with E-state index in [1.54, 1.807) is 0 Å². The van der Waals surface area contributed by atoms with Crippen LogP contribution in [-0.4, -0.2) is 57.1 Å². The van der Waals surface area contributed by atoms with Crippen molar-refractivity contribution in [2.75, 3.05) is 45.2 Å². The van der Waals surface area contributed by atoms with Gasteiger partial charge in [-0.15, -0.1) is 0 Å². The zero-order chi connectivity index (χ0) is 13.8. The number of nitrogens with one attached hydrogen (secondary N) is 1. The highest BCUT2D eigenvalue weighted by molar-refractivity contribution is 5.95. The number of benzene rings is 1. The molecule has 0 aliphatic carbocycles. The van der Waals surface area contributed by atoms with E-state index in [9.17, 15) is 4.79 Å². The lowest BCUT2D eigenvalue weighted by Gasteiger charge is -2.35. The molecule has 2 rings (SSSR count). The quantitative estimate of drug-likeness (QED) is 0.812. The predicted octanol–water partition coefficient (Wildman–Crippen LogP) is 0.125. The normalized spacial score (nSPS) is 19.3. The molecule has 5 heteroatoms. The number of hydrogen-bond donors (Lipinski definition) is 2. The van der Waals surface area contributed by atoms with Crippen molar-refractivity contribution in [3.05, 3.63) is 29.8 Å². The van der Waals surface area contributed by atoms with Crippen molar-refractivity contribution in [3.63, 3.8) is 0 Å². The minimum absolute atomic E-state index is 0.0700. The zero-order valence-corrected chi connectivity index (χ0v) is 11.6. The van der Waals surface area contributed by atoms with Crippen molar-refractivity contribution >= 4 is 11.6 Å². The number of nitrogens with two attached hydrogens (primary N) is 1. The van der Waals surface area contributed by atoms with Crippen LogP contribution < -0.4 is 16.0 Å². The zero-order valence-electron chi connectivity index (χ0n) is 11.6. The Morgan fingerprint density at radius 1 is 1.53 bits per heavy atom. The Labute approximate surface area is 114 Å². The minimum Gasteiger partial charge on any atom is -0.378 e. The highest BCUT2D eigenvalue weighted by atomic mass is 16.2. The topological polar surface area (TPSA) is 61.6 Å². The molecule has 1 heterocycles. The molecule has 0 saturated carbocycles. The molecular weight excluding hydrogens is 240 g/mol. The van der Waals surface area contributed by atoms with E-state index in [-0.39, 0.29) is 11.9 Å². The van der Waals surface area contributed by atoms with Gasteiger partial charge in [-0.1, -0.05) is 6.07 Å². The molecule has 3 N–H and O–H groups in total. The van der Waals surface area contributed by atoms with Gasteiger partial charge in [-0.25, -0.2) is 0 Å². The monoisotopic (exact) mass is 262 g/mol. The number of rotatable bonds is 3. The fourth-order valence-corrected chi connectivity index (χ4v) is 2.32. The minimum atomic E-state index is 0.0700. The Kier molecular flexibility index (Phi) is 4.39. The number of carbonyl (C=O) groups is 1. The molecule has 0 aromatic heterocycles. The van der Waals surface area contributed by atoms with E-state index in [2.05, 4.69) is 5.32 Å². The number of amides is 1. The highest BCUT2D eigenvalue weighted by Crippen LogP contribution is 2.16. The van der Waals surface area contributed by atoms with Crippen molar-refractivity contribution in [1.29, 1.82) is 0 Å². The van der Waals surface area contributed by atoms with E-state index in [1.807, 2.05) is 48.2 Å². The van der Waals surface area contributed by atoms with E-state index < -0.39 is 0 Å². The van der Waals surface area contributed by atoms with Gasteiger partial charge in [0, 0.05) is 51.5 Å². The number of piperazine rings is 1. The Morgan fingerprint density at radius 3 is 3.00 bits per heavy atom. The summed E-state index contributed by atoms with van der Waals surface area (Å²) in [5, 5.41) is 3.27.